The highest BCUT2D eigenvalue weighted by Crippen LogP contribution is 2.31. The summed E-state index contributed by atoms with van der Waals surface area (Å²) in [5, 5.41) is 0.832. The lowest BCUT2D eigenvalue weighted by Gasteiger charge is -2.30. The lowest BCUT2D eigenvalue weighted by molar-refractivity contribution is 0.314. The zero-order valence-electron chi connectivity index (χ0n) is 13.5. The first kappa shape index (κ1) is 16.6. The van der Waals surface area contributed by atoms with Gasteiger partial charge in [-0.3, -0.25) is 0 Å². The van der Waals surface area contributed by atoms with E-state index in [1.807, 2.05) is 12.1 Å². The molecule has 1 saturated heterocycles. The van der Waals surface area contributed by atoms with Crippen molar-refractivity contribution < 1.29 is 0 Å². The Bertz CT molecular complexity index is 463. The molecule has 118 valence electrons. The Morgan fingerprint density at radius 3 is 2.86 bits per heavy atom. The second-order valence-electron chi connectivity index (χ2n) is 6.28. The van der Waals surface area contributed by atoms with Crippen LogP contribution >= 0.6 is 11.6 Å². The molecule has 1 aliphatic heterocycles. The number of para-hydroxylation sites is 1. The summed E-state index contributed by atoms with van der Waals surface area (Å²) < 4.78 is 0. The van der Waals surface area contributed by atoms with Gasteiger partial charge in [0.05, 0.1) is 10.7 Å². The number of likely N-dealkylation sites (tertiary alicyclic amines) is 1. The van der Waals surface area contributed by atoms with Gasteiger partial charge in [-0.05, 0) is 50.9 Å². The molecule has 1 heterocycles. The highest BCUT2D eigenvalue weighted by atomic mass is 35.5. The lowest BCUT2D eigenvalue weighted by Crippen LogP contribution is -2.37. The van der Waals surface area contributed by atoms with Crippen LogP contribution in [0.15, 0.2) is 18.2 Å². The number of halogens is 1. The van der Waals surface area contributed by atoms with Crippen LogP contribution in [0.1, 0.15) is 31.7 Å². The highest BCUT2D eigenvalue weighted by Gasteiger charge is 2.24. The van der Waals surface area contributed by atoms with Gasteiger partial charge in [-0.25, -0.2) is 0 Å². The van der Waals surface area contributed by atoms with Crippen LogP contribution in [0.5, 0.6) is 0 Å². The quantitative estimate of drug-likeness (QED) is 0.876. The van der Waals surface area contributed by atoms with E-state index in [4.69, 9.17) is 17.3 Å². The third kappa shape index (κ3) is 4.12. The molecular formula is C17H28ClN3. The van der Waals surface area contributed by atoms with E-state index in [0.717, 1.165) is 30.1 Å². The van der Waals surface area contributed by atoms with Crippen molar-refractivity contribution in [3.05, 3.63) is 28.8 Å². The molecular weight excluding hydrogens is 282 g/mol. The van der Waals surface area contributed by atoms with Crippen LogP contribution in [0.3, 0.4) is 0 Å². The van der Waals surface area contributed by atoms with Gasteiger partial charge in [-0.1, -0.05) is 30.7 Å². The summed E-state index contributed by atoms with van der Waals surface area (Å²) in [5.74, 6) is 0. The number of hydrogen-bond acceptors (Lipinski definition) is 3. The van der Waals surface area contributed by atoms with Crippen molar-refractivity contribution in [2.24, 2.45) is 5.73 Å². The van der Waals surface area contributed by atoms with Gasteiger partial charge in [-0.2, -0.15) is 0 Å². The molecule has 2 N–H and O–H groups in total. The standard InChI is InChI=1S/C17H28ClN3/c1-4-14(19)11-13-7-5-9-16(18)17(13)21(3)12-15-8-6-10-20(15)2/h5,7,9,14-15H,4,6,8,10-12,19H2,1-3H3. The van der Waals surface area contributed by atoms with Crippen LogP contribution in [0.4, 0.5) is 5.69 Å². The monoisotopic (exact) mass is 309 g/mol. The van der Waals surface area contributed by atoms with Gasteiger partial charge in [0.2, 0.25) is 0 Å². The van der Waals surface area contributed by atoms with Crippen molar-refractivity contribution in [3.8, 4) is 0 Å². The third-order valence-corrected chi connectivity index (χ3v) is 4.92. The van der Waals surface area contributed by atoms with E-state index in [9.17, 15) is 0 Å². The fourth-order valence-electron chi connectivity index (χ4n) is 3.20. The zero-order chi connectivity index (χ0) is 15.4. The first-order valence-electron chi connectivity index (χ1n) is 7.97. The van der Waals surface area contributed by atoms with Gasteiger partial charge in [0.15, 0.2) is 0 Å². The smallest absolute Gasteiger partial charge is 0.0642 e. The molecule has 1 fully saturated rings. The average molecular weight is 310 g/mol. The van der Waals surface area contributed by atoms with Crippen molar-refractivity contribution in [2.45, 2.75) is 44.7 Å². The first-order chi connectivity index (χ1) is 10.0. The lowest BCUT2D eigenvalue weighted by atomic mass is 10.0. The number of anilines is 1. The Hall–Kier alpha value is -0.770. The molecule has 0 bridgehead atoms. The maximum absolute atomic E-state index is 6.48. The van der Waals surface area contributed by atoms with Gasteiger partial charge in [0.1, 0.15) is 0 Å². The number of benzene rings is 1. The minimum absolute atomic E-state index is 0.199. The Labute approximate surface area is 134 Å². The topological polar surface area (TPSA) is 32.5 Å². The van der Waals surface area contributed by atoms with Gasteiger partial charge < -0.3 is 15.5 Å². The Morgan fingerprint density at radius 1 is 1.48 bits per heavy atom. The fourth-order valence-corrected chi connectivity index (χ4v) is 3.53. The van der Waals surface area contributed by atoms with E-state index in [2.05, 4.69) is 36.9 Å². The van der Waals surface area contributed by atoms with Crippen LogP contribution in [0, 0.1) is 0 Å². The first-order valence-corrected chi connectivity index (χ1v) is 8.35. The fraction of sp³-hybridized carbons (Fsp3) is 0.647. The minimum atomic E-state index is 0.199. The van der Waals surface area contributed by atoms with Gasteiger partial charge >= 0.3 is 0 Å². The summed E-state index contributed by atoms with van der Waals surface area (Å²) in [6.07, 6.45) is 4.44. The maximum Gasteiger partial charge on any atom is 0.0642 e. The van der Waals surface area contributed by atoms with E-state index in [0.29, 0.717) is 6.04 Å². The molecule has 1 aromatic rings. The molecule has 2 rings (SSSR count). The van der Waals surface area contributed by atoms with Crippen LogP contribution in [-0.4, -0.2) is 44.2 Å². The van der Waals surface area contributed by atoms with Gasteiger partial charge in [0, 0.05) is 25.7 Å². The second-order valence-corrected chi connectivity index (χ2v) is 6.68. The Balaban J connectivity index is 2.16. The molecule has 0 radical (unpaired) electrons. The molecule has 1 aliphatic rings. The van der Waals surface area contributed by atoms with Gasteiger partial charge in [0.25, 0.3) is 0 Å². The average Bonchev–Trinajstić information content (AvgIpc) is 2.84. The molecule has 2 atom stereocenters. The van der Waals surface area contributed by atoms with Gasteiger partial charge in [-0.15, -0.1) is 0 Å². The summed E-state index contributed by atoms with van der Waals surface area (Å²) in [6, 6.07) is 6.99. The van der Waals surface area contributed by atoms with Crippen molar-refractivity contribution in [2.75, 3.05) is 32.1 Å². The molecule has 0 spiro atoms. The molecule has 0 amide bonds. The summed E-state index contributed by atoms with van der Waals surface area (Å²) in [5.41, 5.74) is 8.56. The number of hydrogen-bond donors (Lipinski definition) is 1. The third-order valence-electron chi connectivity index (χ3n) is 4.61. The molecule has 0 aromatic heterocycles. The highest BCUT2D eigenvalue weighted by molar-refractivity contribution is 6.33. The maximum atomic E-state index is 6.48. The zero-order valence-corrected chi connectivity index (χ0v) is 14.2. The molecule has 2 unspecified atom stereocenters. The Morgan fingerprint density at radius 2 is 2.24 bits per heavy atom. The van der Waals surface area contributed by atoms with Crippen molar-refractivity contribution >= 4 is 17.3 Å². The minimum Gasteiger partial charge on any atom is -0.372 e. The van der Waals surface area contributed by atoms with E-state index in [1.54, 1.807) is 0 Å². The van der Waals surface area contributed by atoms with Crippen molar-refractivity contribution in [1.82, 2.24) is 4.90 Å². The van der Waals surface area contributed by atoms with Crippen LogP contribution in [0.25, 0.3) is 0 Å². The molecule has 21 heavy (non-hydrogen) atoms. The molecule has 0 saturated carbocycles. The van der Waals surface area contributed by atoms with E-state index in [-0.39, 0.29) is 6.04 Å². The molecule has 0 aliphatic carbocycles. The van der Waals surface area contributed by atoms with E-state index >= 15 is 0 Å². The summed E-state index contributed by atoms with van der Waals surface area (Å²) in [7, 11) is 4.36. The van der Waals surface area contributed by atoms with E-state index < -0.39 is 0 Å². The number of nitrogens with two attached hydrogens (primary N) is 1. The van der Waals surface area contributed by atoms with Crippen LogP contribution in [-0.2, 0) is 6.42 Å². The summed E-state index contributed by atoms with van der Waals surface area (Å²) >= 11 is 6.48. The summed E-state index contributed by atoms with van der Waals surface area (Å²) in [6.45, 7) is 4.36. The second kappa shape index (κ2) is 7.48. The molecule has 1 aromatic carbocycles. The van der Waals surface area contributed by atoms with Crippen LogP contribution < -0.4 is 10.6 Å². The number of likely N-dealkylation sites (N-methyl/N-ethyl adjacent to an activating group) is 2. The molecule has 3 nitrogen and oxygen atoms in total. The van der Waals surface area contributed by atoms with Crippen LogP contribution in [0.2, 0.25) is 5.02 Å². The predicted octanol–water partition coefficient (Wildman–Crippen LogP) is 3.15. The molecule has 4 heteroatoms. The van der Waals surface area contributed by atoms with Crippen molar-refractivity contribution in [1.29, 1.82) is 0 Å². The predicted molar refractivity (Wildman–Crippen MR) is 92.3 cm³/mol. The number of nitrogens with zero attached hydrogens (tertiary/aromatic N) is 2. The number of rotatable bonds is 6. The largest absolute Gasteiger partial charge is 0.372 e. The van der Waals surface area contributed by atoms with Crippen molar-refractivity contribution in [3.63, 3.8) is 0 Å². The SMILES string of the molecule is CCC(N)Cc1cccc(Cl)c1N(C)CC1CCCN1C. The normalized spacial score (nSPS) is 20.7. The summed E-state index contributed by atoms with van der Waals surface area (Å²) in [4.78, 5) is 4.76. The Kier molecular flexibility index (Phi) is 5.91. The van der Waals surface area contributed by atoms with E-state index in [1.165, 1.54) is 24.9 Å².